The Balaban J connectivity index is 1.91. The Kier molecular flexibility index (Phi) is 5.48. The predicted molar refractivity (Wildman–Crippen MR) is 118 cm³/mol. The van der Waals surface area contributed by atoms with E-state index in [2.05, 4.69) is 5.32 Å². The maximum atomic E-state index is 14.5. The summed E-state index contributed by atoms with van der Waals surface area (Å²) in [5.74, 6) is -2.73. The van der Waals surface area contributed by atoms with Crippen molar-refractivity contribution in [3.05, 3.63) is 94.7 Å². The molecule has 1 aliphatic rings. The molecule has 3 aromatic carbocycles. The van der Waals surface area contributed by atoms with Crippen LogP contribution in [0.1, 0.15) is 16.7 Å². The maximum absolute atomic E-state index is 14.5. The van der Waals surface area contributed by atoms with E-state index in [1.807, 2.05) is 26.0 Å². The third-order valence-corrected chi connectivity index (χ3v) is 5.25. The summed E-state index contributed by atoms with van der Waals surface area (Å²) < 4.78 is 33.7. The van der Waals surface area contributed by atoms with Gasteiger partial charge in [-0.1, -0.05) is 35.9 Å². The molecule has 32 heavy (non-hydrogen) atoms. The number of hydrogen-bond acceptors (Lipinski definition) is 4. The number of halogens is 2. The summed E-state index contributed by atoms with van der Waals surface area (Å²) in [4.78, 5) is 27.5. The van der Waals surface area contributed by atoms with Gasteiger partial charge in [-0.25, -0.2) is 13.7 Å². The first-order chi connectivity index (χ1) is 15.3. The highest BCUT2D eigenvalue weighted by Gasteiger charge is 2.42. The zero-order chi connectivity index (χ0) is 23.0. The Morgan fingerprint density at radius 1 is 0.906 bits per heavy atom. The second-order valence-corrected chi connectivity index (χ2v) is 7.44. The average Bonchev–Trinajstić information content (AvgIpc) is 3.00. The van der Waals surface area contributed by atoms with Gasteiger partial charge in [-0.05, 0) is 49.2 Å². The standard InChI is InChI=1S/C25H20F2N2O3/c1-14-8-10-17(15(2)12-14)22-23(28-19-6-4-5-7-21(19)32-3)25(31)29(24(22)30)20-13-16(26)9-11-18(20)27/h4-13,28H,1-3H3. The molecule has 4 rings (SSSR count). The second kappa shape index (κ2) is 8.26. The summed E-state index contributed by atoms with van der Waals surface area (Å²) in [7, 11) is 1.48. The SMILES string of the molecule is COc1ccccc1NC1=C(c2ccc(C)cc2C)C(=O)N(c2cc(F)ccc2F)C1=O. The van der Waals surface area contributed by atoms with Crippen LogP contribution in [0.5, 0.6) is 5.75 Å². The van der Waals surface area contributed by atoms with Crippen molar-refractivity contribution in [1.82, 2.24) is 0 Å². The third-order valence-electron chi connectivity index (χ3n) is 5.25. The molecule has 0 atom stereocenters. The van der Waals surface area contributed by atoms with Gasteiger partial charge in [0.25, 0.3) is 11.8 Å². The van der Waals surface area contributed by atoms with Gasteiger partial charge in [-0.15, -0.1) is 0 Å². The number of nitrogens with zero attached hydrogens (tertiary/aromatic N) is 1. The van der Waals surface area contributed by atoms with E-state index in [9.17, 15) is 18.4 Å². The molecule has 7 heteroatoms. The van der Waals surface area contributed by atoms with Crippen LogP contribution in [0.25, 0.3) is 5.57 Å². The van der Waals surface area contributed by atoms with E-state index in [1.54, 1.807) is 30.3 Å². The second-order valence-electron chi connectivity index (χ2n) is 7.44. The number of carbonyl (C=O) groups is 2. The molecule has 1 N–H and O–H groups in total. The zero-order valence-electron chi connectivity index (χ0n) is 17.7. The zero-order valence-corrected chi connectivity index (χ0v) is 17.7. The minimum absolute atomic E-state index is 0.0462. The largest absolute Gasteiger partial charge is 0.495 e. The van der Waals surface area contributed by atoms with E-state index in [0.717, 1.165) is 29.3 Å². The van der Waals surface area contributed by atoms with Crippen molar-refractivity contribution in [2.24, 2.45) is 0 Å². The van der Waals surface area contributed by atoms with Crippen molar-refractivity contribution < 1.29 is 23.1 Å². The Morgan fingerprint density at radius 3 is 2.38 bits per heavy atom. The monoisotopic (exact) mass is 434 g/mol. The normalized spacial score (nSPS) is 13.7. The quantitative estimate of drug-likeness (QED) is 0.575. The van der Waals surface area contributed by atoms with Gasteiger partial charge >= 0.3 is 0 Å². The van der Waals surface area contributed by atoms with Crippen LogP contribution in [-0.4, -0.2) is 18.9 Å². The molecule has 0 bridgehead atoms. The first-order valence-corrected chi connectivity index (χ1v) is 9.87. The molecule has 3 aromatic rings. The number of methoxy groups -OCH3 is 1. The highest BCUT2D eigenvalue weighted by atomic mass is 19.1. The summed E-state index contributed by atoms with van der Waals surface area (Å²) in [5, 5.41) is 2.99. The average molecular weight is 434 g/mol. The van der Waals surface area contributed by atoms with Crippen molar-refractivity contribution in [1.29, 1.82) is 0 Å². The van der Waals surface area contributed by atoms with Crippen LogP contribution in [0.4, 0.5) is 20.2 Å². The van der Waals surface area contributed by atoms with Crippen molar-refractivity contribution in [2.75, 3.05) is 17.3 Å². The first-order valence-electron chi connectivity index (χ1n) is 9.87. The number of hydrogen-bond donors (Lipinski definition) is 1. The molecule has 0 unspecified atom stereocenters. The number of amides is 2. The highest BCUT2D eigenvalue weighted by Crippen LogP contribution is 2.37. The van der Waals surface area contributed by atoms with E-state index < -0.39 is 29.1 Å². The number of rotatable bonds is 5. The maximum Gasteiger partial charge on any atom is 0.282 e. The molecule has 0 aliphatic carbocycles. The van der Waals surface area contributed by atoms with Crippen molar-refractivity contribution >= 4 is 28.8 Å². The summed E-state index contributed by atoms with van der Waals surface area (Å²) in [6.45, 7) is 3.73. The molecule has 0 saturated carbocycles. The van der Waals surface area contributed by atoms with Crippen molar-refractivity contribution in [2.45, 2.75) is 13.8 Å². The molecule has 162 valence electrons. The Hall–Kier alpha value is -4.00. The van der Waals surface area contributed by atoms with E-state index in [1.165, 1.54) is 7.11 Å². The smallest absolute Gasteiger partial charge is 0.282 e. The summed E-state index contributed by atoms with van der Waals surface area (Å²) in [6.07, 6.45) is 0. The number of nitrogens with one attached hydrogen (secondary N) is 1. The molecule has 0 saturated heterocycles. The lowest BCUT2D eigenvalue weighted by Gasteiger charge is -2.16. The predicted octanol–water partition coefficient (Wildman–Crippen LogP) is 4.99. The number of para-hydroxylation sites is 2. The molecule has 0 radical (unpaired) electrons. The van der Waals surface area contributed by atoms with Gasteiger partial charge in [-0.3, -0.25) is 9.59 Å². The van der Waals surface area contributed by atoms with E-state index in [0.29, 0.717) is 21.9 Å². The lowest BCUT2D eigenvalue weighted by molar-refractivity contribution is -0.120. The lowest BCUT2D eigenvalue weighted by atomic mass is 9.97. The Morgan fingerprint density at radius 2 is 1.66 bits per heavy atom. The molecule has 0 fully saturated rings. The minimum atomic E-state index is -0.883. The fourth-order valence-corrected chi connectivity index (χ4v) is 3.75. The molecular formula is C25H20F2N2O3. The van der Waals surface area contributed by atoms with Crippen LogP contribution in [0.3, 0.4) is 0 Å². The summed E-state index contributed by atoms with van der Waals surface area (Å²) in [5.41, 5.74) is 2.30. The van der Waals surface area contributed by atoms with Crippen LogP contribution in [0, 0.1) is 25.5 Å². The minimum Gasteiger partial charge on any atom is -0.495 e. The van der Waals surface area contributed by atoms with Gasteiger partial charge in [0, 0.05) is 6.07 Å². The molecule has 2 amide bonds. The fraction of sp³-hybridized carbons (Fsp3) is 0.120. The van der Waals surface area contributed by atoms with Gasteiger partial charge < -0.3 is 10.1 Å². The van der Waals surface area contributed by atoms with E-state index in [-0.39, 0.29) is 11.3 Å². The molecule has 1 heterocycles. The molecule has 0 spiro atoms. The van der Waals surface area contributed by atoms with E-state index in [4.69, 9.17) is 4.74 Å². The number of ether oxygens (including phenoxy) is 1. The van der Waals surface area contributed by atoms with Gasteiger partial charge in [0.15, 0.2) is 0 Å². The van der Waals surface area contributed by atoms with Crippen LogP contribution in [-0.2, 0) is 9.59 Å². The number of anilines is 2. The summed E-state index contributed by atoms with van der Waals surface area (Å²) >= 11 is 0. The first kappa shape index (κ1) is 21.2. The number of benzene rings is 3. The van der Waals surface area contributed by atoms with Crippen LogP contribution < -0.4 is 15.0 Å². The number of imide groups is 1. The summed E-state index contributed by atoms with van der Waals surface area (Å²) in [6, 6.07) is 15.0. The number of aryl methyl sites for hydroxylation is 2. The van der Waals surface area contributed by atoms with Gasteiger partial charge in [-0.2, -0.15) is 0 Å². The van der Waals surface area contributed by atoms with Crippen LogP contribution in [0.15, 0.2) is 66.4 Å². The van der Waals surface area contributed by atoms with Gasteiger partial charge in [0.1, 0.15) is 23.1 Å². The number of carbonyl (C=O) groups excluding carboxylic acids is 2. The molecule has 5 nitrogen and oxygen atoms in total. The molecule has 0 aromatic heterocycles. The van der Waals surface area contributed by atoms with Gasteiger partial charge in [0.05, 0.1) is 24.1 Å². The van der Waals surface area contributed by atoms with Crippen molar-refractivity contribution in [3.63, 3.8) is 0 Å². The van der Waals surface area contributed by atoms with Crippen molar-refractivity contribution in [3.8, 4) is 5.75 Å². The fourth-order valence-electron chi connectivity index (χ4n) is 3.75. The molecular weight excluding hydrogens is 414 g/mol. The van der Waals surface area contributed by atoms with Gasteiger partial charge in [0.2, 0.25) is 0 Å². The third kappa shape index (κ3) is 3.62. The molecule has 1 aliphatic heterocycles. The van der Waals surface area contributed by atoms with Crippen LogP contribution in [0.2, 0.25) is 0 Å². The van der Waals surface area contributed by atoms with E-state index >= 15 is 0 Å². The lowest BCUT2D eigenvalue weighted by Crippen LogP contribution is -2.33. The topological polar surface area (TPSA) is 58.6 Å². The highest BCUT2D eigenvalue weighted by molar-refractivity contribution is 6.46. The van der Waals surface area contributed by atoms with Crippen LogP contribution >= 0.6 is 0 Å². The Labute approximate surface area is 183 Å². The Bertz CT molecular complexity index is 1280.